The maximum atomic E-state index is 12.5. The van der Waals surface area contributed by atoms with Crippen molar-refractivity contribution in [3.63, 3.8) is 0 Å². The fraction of sp³-hybridized carbons (Fsp3) is 0.538. The van der Waals surface area contributed by atoms with Gasteiger partial charge in [-0.3, -0.25) is 4.55 Å². The smallest absolute Gasteiger partial charge is 0.872 e. The van der Waals surface area contributed by atoms with Crippen LogP contribution >= 0.6 is 0 Å². The van der Waals surface area contributed by atoms with Crippen molar-refractivity contribution in [3.8, 4) is 17.2 Å². The summed E-state index contributed by atoms with van der Waals surface area (Å²) in [4.78, 5) is -0.366. The summed E-state index contributed by atoms with van der Waals surface area (Å²) >= 11 is 0. The molecule has 0 heterocycles. The van der Waals surface area contributed by atoms with Gasteiger partial charge in [-0.15, -0.1) is 5.75 Å². The monoisotopic (exact) mass is 484 g/mol. The molecule has 0 spiro atoms. The van der Waals surface area contributed by atoms with E-state index in [4.69, 9.17) is 4.74 Å². The second-order valence-electron chi connectivity index (χ2n) is 8.44. The van der Waals surface area contributed by atoms with E-state index >= 15 is 0 Å². The predicted molar refractivity (Wildman–Crippen MR) is 127 cm³/mol. The zero-order valence-corrected chi connectivity index (χ0v) is 23.0. The fourth-order valence-electron chi connectivity index (χ4n) is 3.83. The van der Waals surface area contributed by atoms with E-state index in [9.17, 15) is 18.1 Å². The van der Waals surface area contributed by atoms with Crippen LogP contribution in [-0.2, 0) is 16.5 Å². The molecule has 0 saturated heterocycles. The van der Waals surface area contributed by atoms with Crippen LogP contribution in [0.3, 0.4) is 0 Å². The zero-order valence-electron chi connectivity index (χ0n) is 20.2. The number of rotatable bonds is 16. The SMILES string of the molecule is CCCCCCCCCCCCCCc1cc(S(=O)(=O)O)c(Oc2ccccc2)cc1[O-].[Na+]. The Morgan fingerprint density at radius 2 is 1.33 bits per heavy atom. The van der Waals surface area contributed by atoms with Gasteiger partial charge in [-0.1, -0.05) is 101 Å². The molecular weight excluding hydrogens is 447 g/mol. The van der Waals surface area contributed by atoms with Gasteiger partial charge in [-0.25, -0.2) is 0 Å². The minimum Gasteiger partial charge on any atom is -0.872 e. The molecule has 0 aromatic heterocycles. The van der Waals surface area contributed by atoms with E-state index in [1.807, 2.05) is 0 Å². The molecule has 0 unspecified atom stereocenters. The number of ether oxygens (including phenoxy) is 1. The van der Waals surface area contributed by atoms with E-state index in [0.29, 0.717) is 17.7 Å². The number of hydrogen-bond acceptors (Lipinski definition) is 4. The number of hydrogen-bond donors (Lipinski definition) is 1. The van der Waals surface area contributed by atoms with Crippen molar-refractivity contribution in [1.82, 2.24) is 0 Å². The van der Waals surface area contributed by atoms with Crippen LogP contribution in [0, 0.1) is 0 Å². The number of benzene rings is 2. The van der Waals surface area contributed by atoms with Crippen molar-refractivity contribution in [1.29, 1.82) is 0 Å². The molecule has 0 atom stereocenters. The van der Waals surface area contributed by atoms with Gasteiger partial charge >= 0.3 is 29.6 Å². The molecule has 0 saturated carbocycles. The van der Waals surface area contributed by atoms with Crippen molar-refractivity contribution in [2.45, 2.75) is 95.3 Å². The maximum absolute atomic E-state index is 12.5. The molecule has 7 heteroatoms. The molecule has 5 nitrogen and oxygen atoms in total. The quantitative estimate of drug-likeness (QED) is 0.221. The van der Waals surface area contributed by atoms with E-state index in [0.717, 1.165) is 25.3 Å². The summed E-state index contributed by atoms with van der Waals surface area (Å²) in [6.07, 6.45) is 15.2. The largest absolute Gasteiger partial charge is 1.00 e. The molecule has 0 radical (unpaired) electrons. The van der Waals surface area contributed by atoms with Crippen LogP contribution in [0.15, 0.2) is 47.4 Å². The second kappa shape index (κ2) is 16.6. The first-order valence-electron chi connectivity index (χ1n) is 12.0. The Labute approximate surface area is 222 Å². The summed E-state index contributed by atoms with van der Waals surface area (Å²) in [7, 11) is -4.51. The van der Waals surface area contributed by atoms with Crippen molar-refractivity contribution in [3.05, 3.63) is 48.0 Å². The summed E-state index contributed by atoms with van der Waals surface area (Å²) < 4.78 is 38.9. The Morgan fingerprint density at radius 1 is 0.818 bits per heavy atom. The number of aryl methyl sites for hydroxylation is 1. The molecule has 2 aromatic carbocycles. The van der Waals surface area contributed by atoms with Gasteiger partial charge in [-0.05, 0) is 37.1 Å². The van der Waals surface area contributed by atoms with Gasteiger partial charge in [0.05, 0.1) is 0 Å². The van der Waals surface area contributed by atoms with E-state index < -0.39 is 10.1 Å². The standard InChI is InChI=1S/C26H38O5S.Na/c1-2-3-4-5-6-7-8-9-10-11-12-14-17-22-20-26(32(28,29)30)25(21-24(22)27)31-23-18-15-13-16-19-23;/h13,15-16,18-21,27H,2-12,14,17H2,1H3,(H,28,29,30);/q;+1/p-1. The third kappa shape index (κ3) is 11.8. The van der Waals surface area contributed by atoms with Crippen molar-refractivity contribution in [2.75, 3.05) is 0 Å². The summed E-state index contributed by atoms with van der Waals surface area (Å²) in [6, 6.07) is 11.0. The van der Waals surface area contributed by atoms with Crippen LogP contribution in [0.25, 0.3) is 0 Å². The summed E-state index contributed by atoms with van der Waals surface area (Å²) in [5.74, 6) is -0.0287. The van der Waals surface area contributed by atoms with Gasteiger partial charge in [0.15, 0.2) is 0 Å². The van der Waals surface area contributed by atoms with Crippen molar-refractivity contribution in [2.24, 2.45) is 0 Å². The maximum Gasteiger partial charge on any atom is 1.00 e. The molecule has 0 aliphatic carbocycles. The van der Waals surface area contributed by atoms with Crippen LogP contribution < -0.4 is 39.4 Å². The molecule has 0 bridgehead atoms. The topological polar surface area (TPSA) is 86.7 Å². The summed E-state index contributed by atoms with van der Waals surface area (Å²) in [5, 5.41) is 12.5. The molecule has 2 rings (SSSR count). The van der Waals surface area contributed by atoms with Crippen LogP contribution in [0.5, 0.6) is 17.2 Å². The molecular formula is C26H37NaO5S. The van der Waals surface area contributed by atoms with E-state index in [1.54, 1.807) is 30.3 Å². The third-order valence-corrected chi connectivity index (χ3v) is 6.55. The van der Waals surface area contributed by atoms with Crippen molar-refractivity contribution < 1.29 is 52.4 Å². The first kappa shape index (κ1) is 30.0. The fourth-order valence-corrected chi connectivity index (χ4v) is 4.48. The van der Waals surface area contributed by atoms with Gasteiger partial charge in [0, 0.05) is 0 Å². The Bertz CT molecular complexity index is 900. The number of para-hydroxylation sites is 1. The normalized spacial score (nSPS) is 11.2. The van der Waals surface area contributed by atoms with Gasteiger partial charge in [0.2, 0.25) is 0 Å². The Morgan fingerprint density at radius 3 is 1.85 bits per heavy atom. The van der Waals surface area contributed by atoms with Gasteiger partial charge in [0.1, 0.15) is 16.4 Å². The molecule has 0 aliphatic heterocycles. The van der Waals surface area contributed by atoms with Crippen LogP contribution in [-0.4, -0.2) is 13.0 Å². The first-order valence-corrected chi connectivity index (χ1v) is 13.4. The minimum atomic E-state index is -4.51. The first-order chi connectivity index (χ1) is 15.4. The molecule has 0 amide bonds. The minimum absolute atomic E-state index is 0. The van der Waals surface area contributed by atoms with E-state index in [-0.39, 0.29) is 46.0 Å². The summed E-state index contributed by atoms with van der Waals surface area (Å²) in [6.45, 7) is 2.24. The van der Waals surface area contributed by atoms with Crippen LogP contribution in [0.1, 0.15) is 89.5 Å². The third-order valence-electron chi connectivity index (χ3n) is 5.68. The van der Waals surface area contributed by atoms with Gasteiger partial charge in [-0.2, -0.15) is 8.42 Å². The summed E-state index contributed by atoms with van der Waals surface area (Å²) in [5.41, 5.74) is 0.394. The molecule has 178 valence electrons. The average molecular weight is 485 g/mol. The molecule has 1 N–H and O–H groups in total. The van der Waals surface area contributed by atoms with E-state index in [1.165, 1.54) is 63.9 Å². The predicted octanol–water partition coefficient (Wildman–Crippen LogP) is 4.05. The molecule has 2 aromatic rings. The molecule has 33 heavy (non-hydrogen) atoms. The van der Waals surface area contributed by atoms with Gasteiger partial charge in [0.25, 0.3) is 10.1 Å². The van der Waals surface area contributed by atoms with Crippen LogP contribution in [0.2, 0.25) is 0 Å². The molecule has 0 fully saturated rings. The van der Waals surface area contributed by atoms with Crippen LogP contribution in [0.4, 0.5) is 0 Å². The zero-order chi connectivity index (χ0) is 23.2. The van der Waals surface area contributed by atoms with E-state index in [2.05, 4.69) is 6.92 Å². The molecule has 0 aliphatic rings. The Kier molecular flexibility index (Phi) is 15.0. The Balaban J connectivity index is 0.00000544. The van der Waals surface area contributed by atoms with Crippen molar-refractivity contribution >= 4 is 10.1 Å². The Hall–Kier alpha value is -1.05. The average Bonchev–Trinajstić information content (AvgIpc) is 2.75. The van der Waals surface area contributed by atoms with Gasteiger partial charge < -0.3 is 9.84 Å². The number of unbranched alkanes of at least 4 members (excludes halogenated alkanes) is 11. The second-order valence-corrected chi connectivity index (χ2v) is 9.83.